The highest BCUT2D eigenvalue weighted by Gasteiger charge is 2.34. The molecule has 0 saturated heterocycles. The Hall–Kier alpha value is -1.54. The summed E-state index contributed by atoms with van der Waals surface area (Å²) in [7, 11) is 2.08. The summed E-state index contributed by atoms with van der Waals surface area (Å²) in [5.74, 6) is 0. The van der Waals surface area contributed by atoms with Crippen molar-refractivity contribution >= 4 is 10.9 Å². The quantitative estimate of drug-likeness (QED) is 0.592. The van der Waals surface area contributed by atoms with E-state index in [-0.39, 0.29) is 12.2 Å². The van der Waals surface area contributed by atoms with E-state index in [1.54, 1.807) is 0 Å². The van der Waals surface area contributed by atoms with E-state index in [1.807, 2.05) is 0 Å². The summed E-state index contributed by atoms with van der Waals surface area (Å²) in [6, 6.07) is 6.57. The minimum absolute atomic E-state index is 0.191. The summed E-state index contributed by atoms with van der Waals surface area (Å²) in [5.41, 5.74) is 4.01. The Balaban J connectivity index is 2.15. The molecule has 0 amide bonds. The number of hydrogen-bond donors (Lipinski definition) is 0. The molecule has 0 aliphatic carbocycles. The molecule has 3 heterocycles. The SMILES string of the molecule is Cn1ccc2c3c(ccc21)[C@@H]1C=C[C@H]3O1. The molecule has 0 radical (unpaired) electrons. The van der Waals surface area contributed by atoms with E-state index in [1.165, 1.54) is 22.0 Å². The lowest BCUT2D eigenvalue weighted by Crippen LogP contribution is -1.94. The van der Waals surface area contributed by atoms with Gasteiger partial charge in [-0.3, -0.25) is 0 Å². The predicted molar refractivity (Wildman–Crippen MR) is 58.6 cm³/mol. The van der Waals surface area contributed by atoms with Gasteiger partial charge in [0.15, 0.2) is 0 Å². The lowest BCUT2D eigenvalue weighted by molar-refractivity contribution is 0.0883. The van der Waals surface area contributed by atoms with E-state index in [4.69, 9.17) is 4.74 Å². The third kappa shape index (κ3) is 0.793. The number of aromatic nitrogens is 1. The van der Waals surface area contributed by atoms with Crippen LogP contribution < -0.4 is 0 Å². The van der Waals surface area contributed by atoms with Gasteiger partial charge in [-0.25, -0.2) is 0 Å². The lowest BCUT2D eigenvalue weighted by atomic mass is 9.94. The largest absolute Gasteiger partial charge is 0.357 e. The van der Waals surface area contributed by atoms with Gasteiger partial charge in [-0.2, -0.15) is 0 Å². The third-order valence-corrected chi connectivity index (χ3v) is 3.49. The Labute approximate surface area is 87.8 Å². The smallest absolute Gasteiger partial charge is 0.103 e. The molecule has 2 heteroatoms. The Morgan fingerprint density at radius 3 is 2.93 bits per heavy atom. The number of nitrogens with zero attached hydrogens (tertiary/aromatic N) is 1. The predicted octanol–water partition coefficient (Wildman–Crippen LogP) is 2.86. The van der Waals surface area contributed by atoms with E-state index < -0.39 is 0 Å². The fourth-order valence-corrected chi connectivity index (χ4v) is 2.75. The minimum atomic E-state index is 0.191. The van der Waals surface area contributed by atoms with E-state index in [0.29, 0.717) is 0 Å². The van der Waals surface area contributed by atoms with E-state index in [0.717, 1.165) is 0 Å². The molecule has 2 aliphatic heterocycles. The lowest BCUT2D eigenvalue weighted by Gasteiger charge is -2.08. The molecule has 2 atom stereocenters. The molecule has 1 aromatic heterocycles. The maximum Gasteiger partial charge on any atom is 0.103 e. The van der Waals surface area contributed by atoms with Crippen LogP contribution in [0.1, 0.15) is 23.3 Å². The molecule has 4 rings (SSSR count). The summed E-state index contributed by atoms with van der Waals surface area (Å²) < 4.78 is 8.00. The van der Waals surface area contributed by atoms with Crippen LogP contribution in [0.5, 0.6) is 0 Å². The standard InChI is InChI=1S/C13H11NO/c1-14-7-6-8-10(14)3-2-9-11-4-5-12(15-11)13(8)9/h2-7,11-12H,1H3/t11-,12+/m0/s1. The summed E-state index contributed by atoms with van der Waals surface area (Å²) in [6.07, 6.45) is 6.83. The molecular formula is C13H11NO. The molecule has 0 saturated carbocycles. The van der Waals surface area contributed by atoms with Crippen molar-refractivity contribution in [1.29, 1.82) is 0 Å². The van der Waals surface area contributed by atoms with Gasteiger partial charge in [-0.15, -0.1) is 0 Å². The maximum atomic E-state index is 5.84. The average molecular weight is 197 g/mol. The van der Waals surface area contributed by atoms with Gasteiger partial charge in [0.25, 0.3) is 0 Å². The van der Waals surface area contributed by atoms with Crippen LogP contribution in [0.4, 0.5) is 0 Å². The maximum absolute atomic E-state index is 5.84. The molecule has 15 heavy (non-hydrogen) atoms. The van der Waals surface area contributed by atoms with Crippen molar-refractivity contribution in [1.82, 2.24) is 4.57 Å². The second-order valence-electron chi connectivity index (χ2n) is 4.29. The first-order chi connectivity index (χ1) is 7.34. The molecular weight excluding hydrogens is 186 g/mol. The van der Waals surface area contributed by atoms with Gasteiger partial charge in [-0.1, -0.05) is 18.2 Å². The first-order valence-corrected chi connectivity index (χ1v) is 5.26. The van der Waals surface area contributed by atoms with Gasteiger partial charge >= 0.3 is 0 Å². The second kappa shape index (κ2) is 2.34. The van der Waals surface area contributed by atoms with Gasteiger partial charge in [-0.05, 0) is 17.7 Å². The molecule has 1 aromatic carbocycles. The summed E-state index contributed by atoms with van der Waals surface area (Å²) in [6.45, 7) is 0. The van der Waals surface area contributed by atoms with Gasteiger partial charge in [0, 0.05) is 29.7 Å². The van der Waals surface area contributed by atoms with Crippen LogP contribution in [0.25, 0.3) is 10.9 Å². The number of rotatable bonds is 0. The molecule has 74 valence electrons. The first kappa shape index (κ1) is 7.71. The Kier molecular flexibility index (Phi) is 1.20. The van der Waals surface area contributed by atoms with Crippen LogP contribution in [-0.4, -0.2) is 4.57 Å². The van der Waals surface area contributed by atoms with Crippen molar-refractivity contribution in [2.24, 2.45) is 7.05 Å². The van der Waals surface area contributed by atoms with Crippen molar-refractivity contribution in [3.8, 4) is 0 Å². The Morgan fingerprint density at radius 2 is 2.00 bits per heavy atom. The monoisotopic (exact) mass is 197 g/mol. The molecule has 0 unspecified atom stereocenters. The van der Waals surface area contributed by atoms with Crippen molar-refractivity contribution in [3.63, 3.8) is 0 Å². The molecule has 0 N–H and O–H groups in total. The van der Waals surface area contributed by atoms with Crippen LogP contribution >= 0.6 is 0 Å². The minimum Gasteiger partial charge on any atom is -0.357 e. The number of benzene rings is 1. The molecule has 0 fully saturated rings. The summed E-state index contributed by atoms with van der Waals surface area (Å²) in [5, 5.41) is 1.34. The first-order valence-electron chi connectivity index (χ1n) is 5.26. The molecule has 2 aromatic rings. The van der Waals surface area contributed by atoms with Crippen LogP contribution in [0, 0.1) is 0 Å². The highest BCUT2D eigenvalue weighted by Crippen LogP contribution is 2.48. The van der Waals surface area contributed by atoms with Crippen LogP contribution in [-0.2, 0) is 11.8 Å². The number of hydrogen-bond acceptors (Lipinski definition) is 1. The van der Waals surface area contributed by atoms with Gasteiger partial charge in [0.05, 0.1) is 0 Å². The molecule has 2 aliphatic rings. The third-order valence-electron chi connectivity index (χ3n) is 3.49. The number of aryl methyl sites for hydroxylation is 1. The van der Waals surface area contributed by atoms with Crippen LogP contribution in [0.15, 0.2) is 36.5 Å². The topological polar surface area (TPSA) is 14.2 Å². The van der Waals surface area contributed by atoms with Crippen molar-refractivity contribution in [2.45, 2.75) is 12.2 Å². The van der Waals surface area contributed by atoms with Gasteiger partial charge < -0.3 is 9.30 Å². The summed E-state index contributed by atoms with van der Waals surface area (Å²) >= 11 is 0. The number of fused-ring (bicyclic) bond motifs is 7. The zero-order valence-electron chi connectivity index (χ0n) is 8.47. The Morgan fingerprint density at radius 1 is 1.13 bits per heavy atom. The van der Waals surface area contributed by atoms with Crippen molar-refractivity contribution in [2.75, 3.05) is 0 Å². The van der Waals surface area contributed by atoms with Crippen LogP contribution in [0.2, 0.25) is 0 Å². The summed E-state index contributed by atoms with van der Waals surface area (Å²) in [4.78, 5) is 0. The highest BCUT2D eigenvalue weighted by atomic mass is 16.5. The van der Waals surface area contributed by atoms with Gasteiger partial charge in [0.2, 0.25) is 0 Å². The normalized spacial score (nSPS) is 26.5. The van der Waals surface area contributed by atoms with Gasteiger partial charge in [0.1, 0.15) is 12.2 Å². The van der Waals surface area contributed by atoms with Crippen LogP contribution in [0.3, 0.4) is 0 Å². The molecule has 2 bridgehead atoms. The molecule has 2 nitrogen and oxygen atoms in total. The zero-order valence-corrected chi connectivity index (χ0v) is 8.47. The fraction of sp³-hybridized carbons (Fsp3) is 0.231. The zero-order chi connectivity index (χ0) is 9.99. The van der Waals surface area contributed by atoms with Crippen molar-refractivity contribution in [3.05, 3.63) is 47.7 Å². The Bertz CT molecular complexity index is 594. The average Bonchev–Trinajstić information content (AvgIpc) is 2.92. The molecule has 0 spiro atoms. The number of ether oxygens (including phenoxy) is 1. The van der Waals surface area contributed by atoms with E-state index in [2.05, 4.69) is 48.2 Å². The highest BCUT2D eigenvalue weighted by molar-refractivity contribution is 5.86. The second-order valence-corrected chi connectivity index (χ2v) is 4.29. The van der Waals surface area contributed by atoms with Crippen molar-refractivity contribution < 1.29 is 4.74 Å². The van der Waals surface area contributed by atoms with E-state index >= 15 is 0 Å². The fourth-order valence-electron chi connectivity index (χ4n) is 2.75. The van der Waals surface area contributed by atoms with E-state index in [9.17, 15) is 0 Å².